The molecule has 1 fully saturated rings. The molecule has 41 heavy (non-hydrogen) atoms. The van der Waals surface area contributed by atoms with E-state index in [1.165, 1.54) is 23.8 Å². The lowest BCUT2D eigenvalue weighted by Crippen LogP contribution is -2.73. The summed E-state index contributed by atoms with van der Waals surface area (Å²) in [6.07, 6.45) is 2.66. The molecule has 0 saturated carbocycles. The second-order valence-electron chi connectivity index (χ2n) is 15.1. The minimum absolute atomic E-state index is 0.0105. The van der Waals surface area contributed by atoms with Gasteiger partial charge in [-0.2, -0.15) is 0 Å². The summed E-state index contributed by atoms with van der Waals surface area (Å²) in [4.78, 5) is 30.6. The Morgan fingerprint density at radius 3 is 1.93 bits per heavy atom. The molecule has 1 aromatic rings. The number of rotatable bonds is 5. The van der Waals surface area contributed by atoms with Gasteiger partial charge < -0.3 is 20.7 Å². The zero-order valence-corrected chi connectivity index (χ0v) is 28.0. The number of hydrogen-bond donors (Lipinski definition) is 3. The monoisotopic (exact) mass is 589 g/mol. The first-order valence-corrected chi connectivity index (χ1v) is 15.1. The third-order valence-electron chi connectivity index (χ3n) is 6.85. The van der Waals surface area contributed by atoms with Crippen molar-refractivity contribution in [1.82, 2.24) is 4.90 Å². The van der Waals surface area contributed by atoms with Crippen LogP contribution in [0.1, 0.15) is 106 Å². The number of amides is 1. The van der Waals surface area contributed by atoms with E-state index in [0.717, 1.165) is 23.1 Å². The summed E-state index contributed by atoms with van der Waals surface area (Å²) in [6.45, 7) is 24.6. The number of carboxylic acids is 1. The average molecular weight is 590 g/mol. The summed E-state index contributed by atoms with van der Waals surface area (Å²) in [7, 11) is 1.41. The molecule has 4 N–H and O–H groups in total. The van der Waals surface area contributed by atoms with Gasteiger partial charge >= 0.3 is 5.97 Å². The number of β-lactam (4-membered cyclic amide) rings is 1. The molecule has 8 nitrogen and oxygen atoms in total. The van der Waals surface area contributed by atoms with Crippen molar-refractivity contribution in [2.24, 2.45) is 16.1 Å². The van der Waals surface area contributed by atoms with Crippen LogP contribution in [0.4, 0.5) is 0 Å². The molecule has 9 heteroatoms. The number of phenolic OH excluding ortho intramolecular Hbond substituents is 1. The van der Waals surface area contributed by atoms with Gasteiger partial charge in [0.1, 0.15) is 16.8 Å². The van der Waals surface area contributed by atoms with Crippen molar-refractivity contribution in [3.8, 4) is 5.75 Å². The molecule has 0 spiro atoms. The molecule has 0 radical (unpaired) electrons. The molecule has 1 saturated heterocycles. The first-order valence-electron chi connectivity index (χ1n) is 14.0. The number of aromatic hydroxyl groups is 1. The first kappa shape index (κ1) is 34.8. The van der Waals surface area contributed by atoms with Gasteiger partial charge in [-0.1, -0.05) is 62.3 Å². The number of thioether (sulfide) groups is 1. The number of carbonyl (C=O) groups is 2. The number of aliphatic imine (C=N–C) groups is 1. The lowest BCUT2D eigenvalue weighted by Gasteiger charge is -2.53. The highest BCUT2D eigenvalue weighted by atomic mass is 32.2. The standard InChI is InChI=1S/C24H32N2O5S.C8H19N/c1-13-12-32-21-24(31-8,20(30)26(21)17(13)19(28)29)25-11-14-9-15(22(2,3)4)18(27)16(10-14)23(5,6)7;1-7(2,3)6-8(4,5)9/h9-11,21,27H,12H2,1-8H3,(H,28,29);6,9H2,1-5H3/b25-11+;/t21-,24+;/m1./s1. The van der Waals surface area contributed by atoms with E-state index in [-0.39, 0.29) is 27.8 Å². The Kier molecular flexibility index (Phi) is 9.97. The summed E-state index contributed by atoms with van der Waals surface area (Å²) in [6, 6.07) is 3.75. The van der Waals surface area contributed by atoms with Crippen LogP contribution < -0.4 is 5.73 Å². The Bertz CT molecular complexity index is 1180. The van der Waals surface area contributed by atoms with E-state index in [0.29, 0.717) is 16.7 Å². The lowest BCUT2D eigenvalue weighted by molar-refractivity contribution is -0.182. The minimum Gasteiger partial charge on any atom is -0.507 e. The second-order valence-corrected chi connectivity index (χ2v) is 16.2. The van der Waals surface area contributed by atoms with Crippen LogP contribution in [0.5, 0.6) is 5.75 Å². The minimum atomic E-state index is -1.48. The van der Waals surface area contributed by atoms with Crippen molar-refractivity contribution in [3.05, 3.63) is 40.1 Å². The maximum atomic E-state index is 13.1. The van der Waals surface area contributed by atoms with Crippen molar-refractivity contribution < 1.29 is 24.5 Å². The van der Waals surface area contributed by atoms with Crippen molar-refractivity contribution in [3.63, 3.8) is 0 Å². The molecule has 0 bridgehead atoms. The molecule has 1 amide bonds. The molecule has 2 atom stereocenters. The number of methoxy groups -OCH3 is 1. The summed E-state index contributed by atoms with van der Waals surface area (Å²) < 4.78 is 5.58. The SMILES string of the molecule is CC(C)(C)CC(C)(C)N.CO[C@@]1(/N=C/c2cc(C(C)(C)C)c(O)c(C(C)(C)C)c2)C(=O)N2C(C(=O)O)=C(C)CS[C@@H]21. The number of aliphatic carboxylic acids is 1. The van der Waals surface area contributed by atoms with Crippen LogP contribution in [0.25, 0.3) is 0 Å². The highest BCUT2D eigenvalue weighted by Crippen LogP contribution is 2.48. The molecule has 0 aliphatic carbocycles. The molecule has 3 rings (SSSR count). The van der Waals surface area contributed by atoms with Crippen LogP contribution in [-0.2, 0) is 25.2 Å². The van der Waals surface area contributed by atoms with E-state index >= 15 is 0 Å². The molecule has 2 heterocycles. The first-order chi connectivity index (χ1) is 18.4. The summed E-state index contributed by atoms with van der Waals surface area (Å²) in [5, 5.41) is 20.0. The Morgan fingerprint density at radius 2 is 1.59 bits per heavy atom. The Balaban J connectivity index is 0.000000564. The molecule has 2 aliphatic rings. The van der Waals surface area contributed by atoms with Crippen molar-refractivity contribution in [2.75, 3.05) is 12.9 Å². The van der Waals surface area contributed by atoms with Gasteiger partial charge in [-0.3, -0.25) is 9.69 Å². The van der Waals surface area contributed by atoms with Crippen LogP contribution in [0.15, 0.2) is 28.4 Å². The van der Waals surface area contributed by atoms with Crippen LogP contribution in [0, 0.1) is 5.41 Å². The van der Waals surface area contributed by atoms with E-state index in [9.17, 15) is 19.8 Å². The number of benzene rings is 1. The summed E-state index contributed by atoms with van der Waals surface area (Å²) >= 11 is 1.44. The van der Waals surface area contributed by atoms with Gasteiger partial charge in [-0.25, -0.2) is 9.79 Å². The van der Waals surface area contributed by atoms with Crippen LogP contribution in [-0.4, -0.2) is 62.7 Å². The summed E-state index contributed by atoms with van der Waals surface area (Å²) in [5.74, 6) is -0.865. The third kappa shape index (κ3) is 7.93. The number of carboxylic acid groups (broad SMARTS) is 1. The highest BCUT2D eigenvalue weighted by Gasteiger charge is 2.65. The van der Waals surface area contributed by atoms with Crippen molar-refractivity contribution in [2.45, 2.75) is 117 Å². The van der Waals surface area contributed by atoms with E-state index in [1.54, 1.807) is 13.1 Å². The van der Waals surface area contributed by atoms with Crippen molar-refractivity contribution >= 4 is 29.9 Å². The molecule has 0 aromatic heterocycles. The fraction of sp³-hybridized carbons (Fsp3) is 0.656. The predicted molar refractivity (Wildman–Crippen MR) is 169 cm³/mol. The third-order valence-corrected chi connectivity index (χ3v) is 8.30. The zero-order chi connectivity index (χ0) is 31.9. The number of nitrogens with zero attached hydrogens (tertiary/aromatic N) is 2. The highest BCUT2D eigenvalue weighted by molar-refractivity contribution is 8.00. The molecule has 0 unspecified atom stereocenters. The van der Waals surface area contributed by atoms with Gasteiger partial charge in [0.05, 0.1) is 0 Å². The maximum absolute atomic E-state index is 13.1. The van der Waals surface area contributed by atoms with Gasteiger partial charge in [-0.15, -0.1) is 11.8 Å². The smallest absolute Gasteiger partial charge is 0.352 e. The van der Waals surface area contributed by atoms with Gasteiger partial charge in [0.25, 0.3) is 11.6 Å². The molecular formula is C32H51N3O5S. The second kappa shape index (κ2) is 11.7. The van der Waals surface area contributed by atoms with E-state index in [2.05, 4.69) is 39.6 Å². The Labute approximate surface area is 250 Å². The largest absolute Gasteiger partial charge is 0.507 e. The van der Waals surface area contributed by atoms with Gasteiger partial charge in [0.15, 0.2) is 0 Å². The summed E-state index contributed by atoms with van der Waals surface area (Å²) in [5.41, 5.74) is 7.07. The van der Waals surface area contributed by atoms with Gasteiger partial charge in [-0.05, 0) is 66.7 Å². The number of carbonyl (C=O) groups excluding carboxylic acids is 1. The molecule has 2 aliphatic heterocycles. The van der Waals surface area contributed by atoms with Gasteiger partial charge in [0.2, 0.25) is 0 Å². The van der Waals surface area contributed by atoms with E-state index in [1.807, 2.05) is 53.7 Å². The van der Waals surface area contributed by atoms with Crippen molar-refractivity contribution in [1.29, 1.82) is 0 Å². The van der Waals surface area contributed by atoms with E-state index < -0.39 is 23.0 Å². The van der Waals surface area contributed by atoms with Crippen LogP contribution in [0.3, 0.4) is 0 Å². The van der Waals surface area contributed by atoms with Crippen LogP contribution >= 0.6 is 11.8 Å². The Morgan fingerprint density at radius 1 is 1.10 bits per heavy atom. The molecule has 1 aromatic carbocycles. The number of nitrogens with two attached hydrogens (primary N) is 1. The van der Waals surface area contributed by atoms with Crippen LogP contribution in [0.2, 0.25) is 0 Å². The van der Waals surface area contributed by atoms with E-state index in [4.69, 9.17) is 10.5 Å². The Hall–Kier alpha value is -2.36. The quantitative estimate of drug-likeness (QED) is 0.276. The maximum Gasteiger partial charge on any atom is 0.352 e. The fourth-order valence-electron chi connectivity index (χ4n) is 5.44. The number of phenols is 1. The van der Waals surface area contributed by atoms with Gasteiger partial charge in [0, 0.05) is 35.7 Å². The number of ether oxygens (including phenoxy) is 1. The predicted octanol–water partition coefficient (Wildman–Crippen LogP) is 6.18. The lowest BCUT2D eigenvalue weighted by atomic mass is 9.78. The number of hydrogen-bond acceptors (Lipinski definition) is 7. The fourth-order valence-corrected chi connectivity index (χ4v) is 6.81. The number of fused-ring (bicyclic) bond motifs is 1. The molecule has 230 valence electrons. The normalized spacial score (nSPS) is 21.9. The zero-order valence-electron chi connectivity index (χ0n) is 27.2. The topological polar surface area (TPSA) is 125 Å². The molecular weight excluding hydrogens is 538 g/mol. The average Bonchev–Trinajstić information content (AvgIpc) is 2.76.